The van der Waals surface area contributed by atoms with E-state index in [1.54, 1.807) is 12.1 Å². The Bertz CT molecular complexity index is 935. The molecule has 8 nitrogen and oxygen atoms in total. The highest BCUT2D eigenvalue weighted by atomic mass is 35.5. The fraction of sp³-hybridized carbons (Fsp3) is 0.235. The Morgan fingerprint density at radius 2 is 1.89 bits per heavy atom. The minimum absolute atomic E-state index is 0.0611. The van der Waals surface area contributed by atoms with Crippen molar-refractivity contribution in [2.75, 3.05) is 6.54 Å². The van der Waals surface area contributed by atoms with Crippen LogP contribution in [-0.4, -0.2) is 42.1 Å². The van der Waals surface area contributed by atoms with Gasteiger partial charge in [0.2, 0.25) is 10.0 Å². The molecule has 1 unspecified atom stereocenters. The zero-order valence-corrected chi connectivity index (χ0v) is 15.7. The molecule has 0 bridgehead atoms. The van der Waals surface area contributed by atoms with E-state index in [1.165, 1.54) is 36.7 Å². The molecule has 27 heavy (non-hydrogen) atoms. The van der Waals surface area contributed by atoms with Crippen LogP contribution in [0.1, 0.15) is 23.2 Å². The molecule has 2 heterocycles. The van der Waals surface area contributed by atoms with Gasteiger partial charge in [-0.15, -0.1) is 0 Å². The van der Waals surface area contributed by atoms with Crippen LogP contribution in [0.25, 0.3) is 0 Å². The summed E-state index contributed by atoms with van der Waals surface area (Å²) in [5, 5.41) is 0.419. The maximum Gasteiger partial charge on any atom is 0.271 e. The van der Waals surface area contributed by atoms with Gasteiger partial charge in [-0.1, -0.05) is 11.6 Å². The van der Waals surface area contributed by atoms with Crippen LogP contribution in [-0.2, 0) is 14.8 Å². The maximum atomic E-state index is 12.8. The molecule has 2 N–H and O–H groups in total. The number of halogens is 1. The largest absolute Gasteiger partial charge is 0.271 e. The molecule has 1 atom stereocenters. The maximum absolute atomic E-state index is 12.8. The first kappa shape index (κ1) is 19.3. The van der Waals surface area contributed by atoms with Crippen LogP contribution in [0.15, 0.2) is 53.7 Å². The van der Waals surface area contributed by atoms with Gasteiger partial charge in [0.25, 0.3) is 11.8 Å². The molecule has 2 aromatic rings. The first-order valence-electron chi connectivity index (χ1n) is 8.17. The Morgan fingerprint density at radius 3 is 2.56 bits per heavy atom. The summed E-state index contributed by atoms with van der Waals surface area (Å²) in [6, 6.07) is 7.99. The Morgan fingerprint density at radius 1 is 1.15 bits per heavy atom. The highest BCUT2D eigenvalue weighted by Crippen LogP contribution is 2.26. The van der Waals surface area contributed by atoms with Crippen LogP contribution in [0.3, 0.4) is 0 Å². The first-order chi connectivity index (χ1) is 12.9. The number of aromatic nitrogens is 1. The van der Waals surface area contributed by atoms with Crippen molar-refractivity contribution in [3.8, 4) is 0 Å². The van der Waals surface area contributed by atoms with Crippen molar-refractivity contribution >= 4 is 33.4 Å². The first-order valence-corrected chi connectivity index (χ1v) is 9.99. The standard InChI is InChI=1S/C17H17ClN4O4S/c18-13-5-7-14(8-6-13)27(25,26)22-10-2-4-15(22)17(24)21-20-16(23)12-3-1-9-19-11-12/h1,3,5-9,11,15H,2,4,10H2,(H,20,23)(H,21,24). The molecule has 0 saturated carbocycles. The van der Waals surface area contributed by atoms with Crippen molar-refractivity contribution < 1.29 is 18.0 Å². The Balaban J connectivity index is 1.69. The lowest BCUT2D eigenvalue weighted by atomic mass is 10.2. The predicted octanol–water partition coefficient (Wildman–Crippen LogP) is 1.35. The highest BCUT2D eigenvalue weighted by molar-refractivity contribution is 7.89. The van der Waals surface area contributed by atoms with Gasteiger partial charge < -0.3 is 0 Å². The van der Waals surface area contributed by atoms with Gasteiger partial charge in [-0.3, -0.25) is 25.4 Å². The lowest BCUT2D eigenvalue weighted by Gasteiger charge is -2.23. The molecule has 0 spiro atoms. The van der Waals surface area contributed by atoms with Crippen molar-refractivity contribution in [3.63, 3.8) is 0 Å². The number of hydrazine groups is 1. The number of hydrogen-bond acceptors (Lipinski definition) is 5. The smallest absolute Gasteiger partial charge is 0.271 e. The molecule has 2 amide bonds. The van der Waals surface area contributed by atoms with Crippen LogP contribution in [0.2, 0.25) is 5.02 Å². The molecule has 1 aromatic carbocycles. The number of amides is 2. The van der Waals surface area contributed by atoms with Gasteiger partial charge in [-0.25, -0.2) is 8.42 Å². The number of benzene rings is 1. The summed E-state index contributed by atoms with van der Waals surface area (Å²) >= 11 is 5.80. The summed E-state index contributed by atoms with van der Waals surface area (Å²) in [5.41, 5.74) is 4.84. The third-order valence-electron chi connectivity index (χ3n) is 4.15. The van der Waals surface area contributed by atoms with E-state index in [0.29, 0.717) is 17.9 Å². The number of nitrogens with one attached hydrogen (secondary N) is 2. The SMILES string of the molecule is O=C(NNC(=O)C1CCCN1S(=O)(=O)c1ccc(Cl)cc1)c1cccnc1. The third-order valence-corrected chi connectivity index (χ3v) is 6.32. The van der Waals surface area contributed by atoms with E-state index in [9.17, 15) is 18.0 Å². The Labute approximate surface area is 161 Å². The molecule has 142 valence electrons. The second-order valence-electron chi connectivity index (χ2n) is 5.91. The van der Waals surface area contributed by atoms with Crippen molar-refractivity contribution in [2.24, 2.45) is 0 Å². The summed E-state index contributed by atoms with van der Waals surface area (Å²) in [6.07, 6.45) is 3.78. The number of carbonyl (C=O) groups excluding carboxylic acids is 2. The van der Waals surface area contributed by atoms with Crippen LogP contribution < -0.4 is 10.9 Å². The topological polar surface area (TPSA) is 108 Å². The van der Waals surface area contributed by atoms with E-state index in [1.807, 2.05) is 0 Å². The lowest BCUT2D eigenvalue weighted by Crippen LogP contribution is -2.51. The van der Waals surface area contributed by atoms with Crippen molar-refractivity contribution in [1.82, 2.24) is 20.1 Å². The summed E-state index contributed by atoms with van der Waals surface area (Å²) < 4.78 is 26.8. The summed E-state index contributed by atoms with van der Waals surface area (Å²) in [5.74, 6) is -1.14. The molecule has 1 aliphatic heterocycles. The van der Waals surface area contributed by atoms with E-state index in [4.69, 9.17) is 11.6 Å². The average Bonchev–Trinajstić information content (AvgIpc) is 3.18. The van der Waals surface area contributed by atoms with Gasteiger partial charge in [-0.05, 0) is 49.2 Å². The monoisotopic (exact) mass is 408 g/mol. The van der Waals surface area contributed by atoms with Gasteiger partial charge in [0.1, 0.15) is 6.04 Å². The van der Waals surface area contributed by atoms with Gasteiger partial charge in [-0.2, -0.15) is 4.31 Å². The fourth-order valence-electron chi connectivity index (χ4n) is 2.80. The predicted molar refractivity (Wildman–Crippen MR) is 98.2 cm³/mol. The van der Waals surface area contributed by atoms with Crippen LogP contribution in [0.5, 0.6) is 0 Å². The molecule has 3 rings (SSSR count). The molecular formula is C17H17ClN4O4S. The van der Waals surface area contributed by atoms with E-state index in [-0.39, 0.29) is 17.0 Å². The molecule has 10 heteroatoms. The van der Waals surface area contributed by atoms with Gasteiger partial charge in [0, 0.05) is 24.0 Å². The number of sulfonamides is 1. The average molecular weight is 409 g/mol. The van der Waals surface area contributed by atoms with E-state index in [2.05, 4.69) is 15.8 Å². The fourth-order valence-corrected chi connectivity index (χ4v) is 4.59. The summed E-state index contributed by atoms with van der Waals surface area (Å²) in [7, 11) is -3.85. The zero-order chi connectivity index (χ0) is 19.4. The minimum Gasteiger partial charge on any atom is -0.271 e. The van der Waals surface area contributed by atoms with Crippen molar-refractivity contribution in [2.45, 2.75) is 23.8 Å². The van der Waals surface area contributed by atoms with Crippen LogP contribution in [0, 0.1) is 0 Å². The minimum atomic E-state index is -3.85. The molecular weight excluding hydrogens is 392 g/mol. The van der Waals surface area contributed by atoms with Gasteiger partial charge in [0.05, 0.1) is 10.5 Å². The molecule has 1 saturated heterocycles. The van der Waals surface area contributed by atoms with Gasteiger partial charge in [0.15, 0.2) is 0 Å². The van der Waals surface area contributed by atoms with Crippen LogP contribution in [0.4, 0.5) is 0 Å². The molecule has 0 aliphatic carbocycles. The summed E-state index contributed by atoms with van der Waals surface area (Å²) in [6.45, 7) is 0.222. The second kappa shape index (κ2) is 8.03. The third kappa shape index (κ3) is 4.26. The van der Waals surface area contributed by atoms with Gasteiger partial charge >= 0.3 is 0 Å². The second-order valence-corrected chi connectivity index (χ2v) is 8.24. The number of carbonyl (C=O) groups is 2. The zero-order valence-electron chi connectivity index (χ0n) is 14.1. The van der Waals surface area contributed by atoms with Crippen molar-refractivity contribution in [1.29, 1.82) is 0 Å². The Hall–Kier alpha value is -2.49. The van der Waals surface area contributed by atoms with E-state index >= 15 is 0 Å². The molecule has 0 radical (unpaired) electrons. The Kier molecular flexibility index (Phi) is 5.73. The number of hydrogen-bond donors (Lipinski definition) is 2. The normalized spacial score (nSPS) is 17.4. The molecule has 1 aliphatic rings. The molecule has 1 fully saturated rings. The van der Waals surface area contributed by atoms with Crippen LogP contribution >= 0.6 is 11.6 Å². The van der Waals surface area contributed by atoms with E-state index < -0.39 is 27.9 Å². The van der Waals surface area contributed by atoms with E-state index in [0.717, 1.165) is 4.31 Å². The number of nitrogens with zero attached hydrogens (tertiary/aromatic N) is 2. The lowest BCUT2D eigenvalue weighted by molar-refractivity contribution is -0.125. The number of pyridine rings is 1. The highest BCUT2D eigenvalue weighted by Gasteiger charge is 2.39. The number of rotatable bonds is 4. The molecule has 1 aromatic heterocycles. The summed E-state index contributed by atoms with van der Waals surface area (Å²) in [4.78, 5) is 28.3. The van der Waals surface area contributed by atoms with Crippen molar-refractivity contribution in [3.05, 3.63) is 59.4 Å². The quantitative estimate of drug-likeness (QED) is 0.742.